The van der Waals surface area contributed by atoms with Crippen molar-refractivity contribution in [3.63, 3.8) is 0 Å². The van der Waals surface area contributed by atoms with E-state index in [0.717, 1.165) is 49.4 Å². The maximum atomic E-state index is 8.11. The van der Waals surface area contributed by atoms with Crippen molar-refractivity contribution < 1.29 is 5.79 Å². The first kappa shape index (κ1) is 26.6. The quantitative estimate of drug-likeness (QED) is 0.178. The van der Waals surface area contributed by atoms with E-state index in [1.54, 1.807) is 0 Å². The second kappa shape index (κ2) is 11.1. The highest BCUT2D eigenvalue weighted by molar-refractivity contribution is 6.24. The maximum Gasteiger partial charge on any atom is 0.143 e. The fraction of sp³-hybridized carbons (Fsp3) is 0. The van der Waals surface area contributed by atoms with Gasteiger partial charge in [0, 0.05) is 16.3 Å². The van der Waals surface area contributed by atoms with Crippen molar-refractivity contribution >= 4 is 54.3 Å². The molecule has 1 heterocycles. The maximum absolute atomic E-state index is 8.11. The van der Waals surface area contributed by atoms with Crippen molar-refractivity contribution in [3.05, 3.63) is 182 Å². The Kier molecular flexibility index (Phi) is 6.02. The largest absolute Gasteiger partial charge is 0.455 e. The van der Waals surface area contributed by atoms with Crippen LogP contribution in [-0.2, 0) is 0 Å². The molecule has 0 bridgehead atoms. The van der Waals surface area contributed by atoms with Crippen molar-refractivity contribution in [2.75, 3.05) is 0 Å². The molecule has 0 fully saturated rings. The van der Waals surface area contributed by atoms with E-state index in [0.29, 0.717) is 6.04 Å². The van der Waals surface area contributed by atoms with Gasteiger partial charge in [-0.15, -0.1) is 0 Å². The molecule has 0 N–H and O–H groups in total. The van der Waals surface area contributed by atoms with Crippen LogP contribution in [0.4, 0.5) is 0 Å². The average Bonchev–Trinajstić information content (AvgIpc) is 3.56. The van der Waals surface area contributed by atoms with Crippen LogP contribution < -0.4 is 0 Å². The summed E-state index contributed by atoms with van der Waals surface area (Å²) in [4.78, 5) is 0. The second-order valence-electron chi connectivity index (χ2n) is 12.7. The number of hydrogen-bond acceptors (Lipinski definition) is 1. The lowest BCUT2D eigenvalue weighted by Crippen LogP contribution is -1.93. The Morgan fingerprint density at radius 1 is 0.367 bits per heavy atom. The number of fused-ring (bicyclic) bond motifs is 6. The van der Waals surface area contributed by atoms with E-state index in [2.05, 4.69) is 158 Å². The lowest BCUT2D eigenvalue weighted by atomic mass is 9.83. The summed E-state index contributed by atoms with van der Waals surface area (Å²) in [5.41, 5.74) is 11.2. The minimum atomic E-state index is 0.528. The van der Waals surface area contributed by atoms with Crippen molar-refractivity contribution in [3.8, 4) is 44.5 Å². The van der Waals surface area contributed by atoms with Gasteiger partial charge in [0.15, 0.2) is 0 Å². The van der Waals surface area contributed by atoms with Gasteiger partial charge in [-0.05, 0) is 83.4 Å². The monoisotopic (exact) mass is 623 g/mol. The molecular formula is C48H30O. The Morgan fingerprint density at radius 3 is 1.76 bits per heavy atom. The summed E-state index contributed by atoms with van der Waals surface area (Å²) in [5.74, 6) is 0. The van der Waals surface area contributed by atoms with E-state index in [1.807, 2.05) is 18.2 Å². The zero-order chi connectivity index (χ0) is 33.2. The Hall–Kier alpha value is -6.44. The van der Waals surface area contributed by atoms with Crippen LogP contribution in [0.5, 0.6) is 0 Å². The summed E-state index contributed by atoms with van der Waals surface area (Å²) < 4.78 is 14.8. The number of hydrogen-bond donors (Lipinski definition) is 0. The third-order valence-corrected chi connectivity index (χ3v) is 10.00. The minimum Gasteiger partial charge on any atom is -0.455 e. The molecule has 0 radical (unpaired) electrons. The first-order valence-electron chi connectivity index (χ1n) is 17.3. The molecule has 0 aliphatic carbocycles. The van der Waals surface area contributed by atoms with E-state index in [-0.39, 0.29) is 0 Å². The summed E-state index contributed by atoms with van der Waals surface area (Å²) in [5, 5.41) is 9.32. The van der Waals surface area contributed by atoms with Crippen LogP contribution in [0.3, 0.4) is 0 Å². The van der Waals surface area contributed by atoms with E-state index >= 15 is 0 Å². The van der Waals surface area contributed by atoms with Gasteiger partial charge in [0.2, 0.25) is 0 Å². The molecule has 0 aliphatic heterocycles. The van der Waals surface area contributed by atoms with Crippen LogP contribution in [-0.4, -0.2) is 0 Å². The smallest absolute Gasteiger partial charge is 0.143 e. The van der Waals surface area contributed by atoms with Crippen molar-refractivity contribution in [1.82, 2.24) is 0 Å². The summed E-state index contributed by atoms with van der Waals surface area (Å²) in [6.07, 6.45) is 0. The predicted molar refractivity (Wildman–Crippen MR) is 208 cm³/mol. The van der Waals surface area contributed by atoms with Crippen molar-refractivity contribution in [2.45, 2.75) is 0 Å². The second-order valence-corrected chi connectivity index (χ2v) is 12.7. The molecule has 0 atom stereocenters. The molecule has 0 spiro atoms. The minimum absolute atomic E-state index is 0.528. The normalized spacial score (nSPS) is 12.0. The van der Waals surface area contributed by atoms with Crippen molar-refractivity contribution in [1.29, 1.82) is 0 Å². The molecule has 10 aromatic rings. The SMILES string of the molecule is [2H]c1ccc2cc(-c3c4ccccc4c(-c4ccccc4-c4cccc5oc6c(-c7ccccc7)cccc6c45)c4ccccc34)ccc2c1. The van der Waals surface area contributed by atoms with Gasteiger partial charge in [-0.3, -0.25) is 0 Å². The molecule has 0 saturated carbocycles. The first-order valence-corrected chi connectivity index (χ1v) is 16.8. The predicted octanol–water partition coefficient (Wildman–Crippen LogP) is 13.7. The Bertz CT molecular complexity index is 2880. The summed E-state index contributed by atoms with van der Waals surface area (Å²) >= 11 is 0. The molecule has 0 aliphatic rings. The van der Waals surface area contributed by atoms with Crippen LogP contribution in [0.15, 0.2) is 186 Å². The highest BCUT2D eigenvalue weighted by Crippen LogP contribution is 2.48. The summed E-state index contributed by atoms with van der Waals surface area (Å²) in [6, 6.07) is 62.9. The fourth-order valence-corrected chi connectivity index (χ4v) is 7.86. The van der Waals surface area contributed by atoms with Gasteiger partial charge in [0.05, 0.1) is 1.37 Å². The molecule has 0 unspecified atom stereocenters. The number of furan rings is 1. The zero-order valence-corrected chi connectivity index (χ0v) is 26.7. The van der Waals surface area contributed by atoms with E-state index < -0.39 is 0 Å². The van der Waals surface area contributed by atoms with E-state index in [9.17, 15) is 0 Å². The third-order valence-electron chi connectivity index (χ3n) is 10.00. The Balaban J connectivity index is 1.26. The molecule has 228 valence electrons. The van der Waals surface area contributed by atoms with Crippen LogP contribution in [0.2, 0.25) is 0 Å². The molecular weight excluding hydrogens is 593 g/mol. The van der Waals surface area contributed by atoms with Crippen molar-refractivity contribution in [2.24, 2.45) is 0 Å². The molecule has 0 amide bonds. The van der Waals surface area contributed by atoms with Gasteiger partial charge in [-0.1, -0.05) is 170 Å². The third kappa shape index (κ3) is 4.33. The van der Waals surface area contributed by atoms with Gasteiger partial charge in [-0.25, -0.2) is 0 Å². The standard InChI is InChI=1S/C48H30O/c1-2-15-32(16-3-1)35-24-12-26-43-47-38(25-13-27-44(47)49-48(35)43)36-18-6-7-19-37(36)46-41-22-10-8-20-39(41)45(40-21-9-11-23-42(40)46)34-29-28-31-14-4-5-17-33(31)30-34/h1-30H/i4D. The average molecular weight is 624 g/mol. The molecule has 49 heavy (non-hydrogen) atoms. The zero-order valence-electron chi connectivity index (χ0n) is 27.7. The number of para-hydroxylation sites is 1. The van der Waals surface area contributed by atoms with Crippen LogP contribution in [0, 0.1) is 0 Å². The first-order chi connectivity index (χ1) is 24.7. The fourth-order valence-electron chi connectivity index (χ4n) is 7.86. The van der Waals surface area contributed by atoms with Gasteiger partial charge in [0.1, 0.15) is 11.2 Å². The lowest BCUT2D eigenvalue weighted by Gasteiger charge is -2.20. The van der Waals surface area contributed by atoms with E-state index in [1.165, 1.54) is 49.4 Å². The van der Waals surface area contributed by atoms with Crippen LogP contribution in [0.1, 0.15) is 1.37 Å². The Labute approximate surface area is 285 Å². The molecule has 1 heteroatoms. The van der Waals surface area contributed by atoms with Gasteiger partial charge >= 0.3 is 0 Å². The van der Waals surface area contributed by atoms with Gasteiger partial charge in [0.25, 0.3) is 0 Å². The van der Waals surface area contributed by atoms with Crippen LogP contribution >= 0.6 is 0 Å². The summed E-state index contributed by atoms with van der Waals surface area (Å²) in [7, 11) is 0. The topological polar surface area (TPSA) is 13.1 Å². The molecule has 1 aromatic heterocycles. The number of rotatable bonds is 4. The Morgan fingerprint density at radius 2 is 0.980 bits per heavy atom. The summed E-state index contributed by atoms with van der Waals surface area (Å²) in [6.45, 7) is 0. The van der Waals surface area contributed by atoms with E-state index in [4.69, 9.17) is 5.79 Å². The lowest BCUT2D eigenvalue weighted by molar-refractivity contribution is 0.670. The number of benzene rings is 9. The van der Waals surface area contributed by atoms with Gasteiger partial charge in [-0.2, -0.15) is 0 Å². The molecule has 0 saturated heterocycles. The highest BCUT2D eigenvalue weighted by atomic mass is 16.3. The molecule has 10 rings (SSSR count). The highest BCUT2D eigenvalue weighted by Gasteiger charge is 2.21. The van der Waals surface area contributed by atoms with Crippen LogP contribution in [0.25, 0.3) is 98.8 Å². The molecule has 9 aromatic carbocycles. The molecule has 1 nitrogen and oxygen atoms in total. The van der Waals surface area contributed by atoms with Gasteiger partial charge < -0.3 is 4.42 Å².